The molecule has 2 atom stereocenters. The Hall–Kier alpha value is -2.87. The third-order valence-electron chi connectivity index (χ3n) is 8.18. The molecule has 0 radical (unpaired) electrons. The summed E-state index contributed by atoms with van der Waals surface area (Å²) in [6.07, 6.45) is 3.61. The van der Waals surface area contributed by atoms with Crippen molar-refractivity contribution in [3.63, 3.8) is 0 Å². The maximum absolute atomic E-state index is 12.2. The smallest absolute Gasteiger partial charge is 0.231 e. The molecule has 3 fully saturated rings. The number of nitrogens with zero attached hydrogens (tertiary/aromatic N) is 2. The van der Waals surface area contributed by atoms with Crippen molar-refractivity contribution >= 4 is 15.7 Å². The van der Waals surface area contributed by atoms with Crippen molar-refractivity contribution in [2.75, 3.05) is 37.8 Å². The molecule has 3 aliphatic rings. The minimum absolute atomic E-state index is 0.257. The van der Waals surface area contributed by atoms with Gasteiger partial charge in [-0.05, 0) is 61.2 Å². The van der Waals surface area contributed by atoms with Gasteiger partial charge in [0.05, 0.1) is 19.1 Å². The Bertz CT molecular complexity index is 1250. The van der Waals surface area contributed by atoms with Crippen LogP contribution in [0.2, 0.25) is 0 Å². The summed E-state index contributed by atoms with van der Waals surface area (Å²) in [5, 5.41) is 3.93. The summed E-state index contributed by atoms with van der Waals surface area (Å²) >= 11 is 0. The zero-order chi connectivity index (χ0) is 26.0. The van der Waals surface area contributed by atoms with Crippen molar-refractivity contribution in [2.24, 2.45) is 5.92 Å². The van der Waals surface area contributed by atoms with Gasteiger partial charge >= 0.3 is 0 Å². The standard InChI is InChI=1S/C30H37N3O3S/c1-32(37(3,34)35)26-14-15-27(36-2)25(20-26)21-31-29-24-16-18-33(19-17-24)30(29)28(22-10-6-4-7-11-22)23-12-8-5-9-13-23/h4-15,20,24,28-31H,16-19,21H2,1-3H3/t29-,30-/m0/s1. The Morgan fingerprint density at radius 2 is 1.57 bits per heavy atom. The van der Waals surface area contributed by atoms with Gasteiger partial charge < -0.3 is 10.1 Å². The van der Waals surface area contributed by atoms with Crippen LogP contribution in [0.5, 0.6) is 5.75 Å². The molecule has 196 valence electrons. The van der Waals surface area contributed by atoms with E-state index < -0.39 is 10.0 Å². The highest BCUT2D eigenvalue weighted by Crippen LogP contribution is 2.42. The number of piperidine rings is 3. The van der Waals surface area contributed by atoms with Crippen LogP contribution in [0.15, 0.2) is 78.9 Å². The number of anilines is 1. The molecule has 0 aromatic heterocycles. The van der Waals surface area contributed by atoms with Crippen LogP contribution in [0.4, 0.5) is 5.69 Å². The van der Waals surface area contributed by atoms with E-state index in [4.69, 9.17) is 4.74 Å². The lowest BCUT2D eigenvalue weighted by molar-refractivity contribution is 0.00462. The van der Waals surface area contributed by atoms with Crippen LogP contribution in [0.25, 0.3) is 0 Å². The number of benzene rings is 3. The molecule has 0 amide bonds. The number of fused-ring (bicyclic) bond motifs is 3. The molecule has 3 aliphatic heterocycles. The van der Waals surface area contributed by atoms with Crippen LogP contribution >= 0.6 is 0 Å². The molecule has 7 heteroatoms. The zero-order valence-electron chi connectivity index (χ0n) is 21.9. The largest absolute Gasteiger partial charge is 0.496 e. The van der Waals surface area contributed by atoms with E-state index in [9.17, 15) is 8.42 Å². The first-order valence-electron chi connectivity index (χ1n) is 13.0. The Kier molecular flexibility index (Phi) is 7.56. The highest BCUT2D eigenvalue weighted by Gasteiger charge is 2.46. The summed E-state index contributed by atoms with van der Waals surface area (Å²) in [7, 11) is -0.102. The number of ether oxygens (including phenoxy) is 1. The van der Waals surface area contributed by atoms with Gasteiger partial charge in [0.25, 0.3) is 0 Å². The normalized spacial score (nSPS) is 23.2. The highest BCUT2D eigenvalue weighted by atomic mass is 32.2. The SMILES string of the molecule is COc1ccc(N(C)S(C)(=O)=O)cc1CN[C@H]1C2CCN(CC2)[C@H]1C(c1ccccc1)c1ccccc1. The van der Waals surface area contributed by atoms with E-state index in [1.807, 2.05) is 12.1 Å². The second-order valence-electron chi connectivity index (χ2n) is 10.3. The van der Waals surface area contributed by atoms with Gasteiger partial charge in [-0.2, -0.15) is 0 Å². The van der Waals surface area contributed by atoms with Gasteiger partial charge in [-0.3, -0.25) is 9.21 Å². The van der Waals surface area contributed by atoms with Gasteiger partial charge in [0, 0.05) is 37.2 Å². The molecule has 37 heavy (non-hydrogen) atoms. The number of methoxy groups -OCH3 is 1. The Morgan fingerprint density at radius 1 is 0.973 bits per heavy atom. The van der Waals surface area contributed by atoms with E-state index in [1.54, 1.807) is 20.2 Å². The number of hydrogen-bond donors (Lipinski definition) is 1. The van der Waals surface area contributed by atoms with Gasteiger partial charge in [0.15, 0.2) is 0 Å². The van der Waals surface area contributed by atoms with E-state index in [-0.39, 0.29) is 5.92 Å². The van der Waals surface area contributed by atoms with Crippen molar-refractivity contribution in [3.8, 4) is 5.75 Å². The second kappa shape index (κ2) is 10.9. The first kappa shape index (κ1) is 25.8. The number of sulfonamides is 1. The zero-order valence-corrected chi connectivity index (χ0v) is 22.7. The van der Waals surface area contributed by atoms with Crippen LogP contribution < -0.4 is 14.4 Å². The molecule has 2 bridgehead atoms. The Labute approximate surface area is 221 Å². The van der Waals surface area contributed by atoms with Crippen LogP contribution in [-0.2, 0) is 16.6 Å². The lowest BCUT2D eigenvalue weighted by atomic mass is 9.70. The first-order valence-corrected chi connectivity index (χ1v) is 14.9. The molecule has 3 aromatic carbocycles. The Balaban J connectivity index is 1.48. The topological polar surface area (TPSA) is 61.9 Å². The van der Waals surface area contributed by atoms with Crippen LogP contribution in [-0.4, -0.2) is 58.9 Å². The van der Waals surface area contributed by atoms with E-state index in [2.05, 4.69) is 70.9 Å². The number of hydrogen-bond acceptors (Lipinski definition) is 5. The summed E-state index contributed by atoms with van der Waals surface area (Å²) in [5.41, 5.74) is 4.28. The first-order chi connectivity index (χ1) is 17.9. The predicted octanol–water partition coefficient (Wildman–Crippen LogP) is 4.48. The quantitative estimate of drug-likeness (QED) is 0.452. The van der Waals surface area contributed by atoms with Gasteiger partial charge in [0.2, 0.25) is 10.0 Å². The van der Waals surface area contributed by atoms with Crippen LogP contribution in [0.3, 0.4) is 0 Å². The molecule has 3 saturated heterocycles. The van der Waals surface area contributed by atoms with Crippen LogP contribution in [0.1, 0.15) is 35.4 Å². The predicted molar refractivity (Wildman–Crippen MR) is 150 cm³/mol. The summed E-state index contributed by atoms with van der Waals surface area (Å²) in [6, 6.07) is 27.9. The fourth-order valence-corrected chi connectivity index (χ4v) is 6.71. The molecule has 3 aromatic rings. The van der Waals surface area contributed by atoms with E-state index >= 15 is 0 Å². The van der Waals surface area contributed by atoms with Crippen LogP contribution in [0, 0.1) is 5.92 Å². The summed E-state index contributed by atoms with van der Waals surface area (Å²) in [5.74, 6) is 1.61. The number of rotatable bonds is 9. The maximum Gasteiger partial charge on any atom is 0.231 e. The molecule has 6 rings (SSSR count). The molecule has 0 unspecified atom stereocenters. The van der Waals surface area contributed by atoms with Crippen molar-refractivity contribution in [1.29, 1.82) is 0 Å². The van der Waals surface area contributed by atoms with E-state index in [0.29, 0.717) is 30.2 Å². The molecular formula is C30H37N3O3S. The monoisotopic (exact) mass is 519 g/mol. The van der Waals surface area contributed by atoms with Crippen molar-refractivity contribution in [3.05, 3.63) is 95.6 Å². The summed E-state index contributed by atoms with van der Waals surface area (Å²) < 4.78 is 31.3. The van der Waals surface area contributed by atoms with E-state index in [0.717, 1.165) is 24.4 Å². The third kappa shape index (κ3) is 5.40. The van der Waals surface area contributed by atoms with Crippen molar-refractivity contribution < 1.29 is 13.2 Å². The molecule has 0 spiro atoms. The third-order valence-corrected chi connectivity index (χ3v) is 9.39. The molecule has 3 heterocycles. The maximum atomic E-state index is 12.2. The lowest BCUT2D eigenvalue weighted by Gasteiger charge is -2.54. The lowest BCUT2D eigenvalue weighted by Crippen LogP contribution is -2.64. The second-order valence-corrected chi connectivity index (χ2v) is 12.3. The molecule has 1 N–H and O–H groups in total. The fourth-order valence-electron chi connectivity index (χ4n) is 6.21. The molecule has 0 saturated carbocycles. The molecule has 0 aliphatic carbocycles. The Morgan fingerprint density at radius 3 is 2.11 bits per heavy atom. The van der Waals surface area contributed by atoms with Crippen molar-refractivity contribution in [2.45, 2.75) is 37.4 Å². The summed E-state index contributed by atoms with van der Waals surface area (Å²) in [4.78, 5) is 2.67. The average Bonchev–Trinajstić information content (AvgIpc) is 2.93. The number of nitrogens with one attached hydrogen (secondary N) is 1. The summed E-state index contributed by atoms with van der Waals surface area (Å²) in [6.45, 7) is 2.86. The van der Waals surface area contributed by atoms with Gasteiger partial charge in [-0.1, -0.05) is 60.7 Å². The fraction of sp³-hybridized carbons (Fsp3) is 0.400. The minimum Gasteiger partial charge on any atom is -0.496 e. The van der Waals surface area contributed by atoms with E-state index in [1.165, 1.54) is 34.5 Å². The van der Waals surface area contributed by atoms with Crippen molar-refractivity contribution in [1.82, 2.24) is 10.2 Å². The highest BCUT2D eigenvalue weighted by molar-refractivity contribution is 7.92. The van der Waals surface area contributed by atoms with Gasteiger partial charge in [0.1, 0.15) is 5.75 Å². The minimum atomic E-state index is -3.35. The molecule has 6 nitrogen and oxygen atoms in total. The van der Waals surface area contributed by atoms with Gasteiger partial charge in [-0.25, -0.2) is 8.42 Å². The molecular weight excluding hydrogens is 482 g/mol. The van der Waals surface area contributed by atoms with Gasteiger partial charge in [-0.15, -0.1) is 0 Å². The average molecular weight is 520 g/mol.